The van der Waals surface area contributed by atoms with E-state index in [0.717, 1.165) is 13.1 Å². The van der Waals surface area contributed by atoms with Crippen LogP contribution in [0.1, 0.15) is 13.3 Å². The summed E-state index contributed by atoms with van der Waals surface area (Å²) in [5.74, 6) is 0.687. The molecule has 0 amide bonds. The van der Waals surface area contributed by atoms with E-state index in [1.54, 1.807) is 0 Å². The van der Waals surface area contributed by atoms with Gasteiger partial charge in [0.1, 0.15) is 0 Å². The predicted molar refractivity (Wildman–Crippen MR) is 33.6 cm³/mol. The zero-order valence-corrected chi connectivity index (χ0v) is 5.30. The maximum Gasteiger partial charge on any atom is 0.0287 e. The molecular weight excluding hydrogens is 100 g/mol. The summed E-state index contributed by atoms with van der Waals surface area (Å²) in [4.78, 5) is 0. The van der Waals surface area contributed by atoms with Crippen molar-refractivity contribution in [3.63, 3.8) is 0 Å². The molecule has 1 fully saturated rings. The first kappa shape index (κ1) is 6.05. The van der Waals surface area contributed by atoms with Crippen LogP contribution in [-0.2, 0) is 0 Å². The molecule has 8 heavy (non-hydrogen) atoms. The van der Waals surface area contributed by atoms with Crippen molar-refractivity contribution in [1.82, 2.24) is 5.32 Å². The van der Waals surface area contributed by atoms with Crippen LogP contribution in [-0.4, -0.2) is 19.1 Å². The van der Waals surface area contributed by atoms with Crippen LogP contribution in [0.5, 0.6) is 0 Å². The molecule has 2 N–H and O–H groups in total. The minimum Gasteiger partial charge on any atom is -0.326 e. The lowest BCUT2D eigenvalue weighted by Crippen LogP contribution is -2.41. The Hall–Kier alpha value is -0.0800. The van der Waals surface area contributed by atoms with Gasteiger partial charge in [0.25, 0.3) is 0 Å². The summed E-state index contributed by atoms with van der Waals surface area (Å²) in [5.41, 5.74) is 5.68. The van der Waals surface area contributed by atoms with Crippen molar-refractivity contribution in [1.29, 1.82) is 0 Å². The molecule has 0 aliphatic carbocycles. The van der Waals surface area contributed by atoms with Gasteiger partial charge >= 0.3 is 0 Å². The van der Waals surface area contributed by atoms with Crippen LogP contribution in [0.4, 0.5) is 0 Å². The zero-order valence-electron chi connectivity index (χ0n) is 5.30. The van der Waals surface area contributed by atoms with Crippen LogP contribution in [0.2, 0.25) is 0 Å². The summed E-state index contributed by atoms with van der Waals surface area (Å²) in [5, 5.41) is 4.18. The second kappa shape index (κ2) is 2.46. The van der Waals surface area contributed by atoms with Crippen molar-refractivity contribution >= 4 is 0 Å². The van der Waals surface area contributed by atoms with Crippen LogP contribution in [0, 0.1) is 5.92 Å². The molecule has 0 bridgehead atoms. The lowest BCUT2D eigenvalue weighted by molar-refractivity contribution is 0.343. The summed E-state index contributed by atoms with van der Waals surface area (Å²) in [7, 11) is 0. The van der Waals surface area contributed by atoms with Crippen molar-refractivity contribution in [2.45, 2.75) is 19.4 Å². The van der Waals surface area contributed by atoms with E-state index in [1.165, 1.54) is 6.42 Å². The quantitative estimate of drug-likeness (QED) is 0.470. The first-order chi connectivity index (χ1) is 3.80. The molecule has 0 aromatic rings. The van der Waals surface area contributed by atoms with Crippen LogP contribution >= 0.6 is 0 Å². The summed E-state index contributed by atoms with van der Waals surface area (Å²) >= 11 is 0. The average molecular weight is 113 g/mol. The molecule has 0 saturated carbocycles. The number of nitrogens with two attached hydrogens (primary N) is 1. The van der Waals surface area contributed by atoms with Gasteiger partial charge in [0, 0.05) is 19.1 Å². The van der Waals surface area contributed by atoms with Gasteiger partial charge in [0.2, 0.25) is 0 Å². The first-order valence-corrected chi connectivity index (χ1v) is 3.19. The largest absolute Gasteiger partial charge is 0.326 e. The highest BCUT2D eigenvalue weighted by Crippen LogP contribution is 2.08. The van der Waals surface area contributed by atoms with Crippen molar-refractivity contribution < 1.29 is 0 Å². The van der Waals surface area contributed by atoms with E-state index in [1.807, 2.05) is 0 Å². The zero-order chi connectivity index (χ0) is 5.98. The van der Waals surface area contributed by atoms with Gasteiger partial charge in [-0.1, -0.05) is 6.92 Å². The normalized spacial score (nSPS) is 39.8. The van der Waals surface area contributed by atoms with Gasteiger partial charge in [-0.2, -0.15) is 0 Å². The van der Waals surface area contributed by atoms with Crippen molar-refractivity contribution in [3.05, 3.63) is 0 Å². The standard InChI is InChI=1S/C6H13N2/c1-5-2-3-8-4-6(5)7/h5-6H,2-4,7H2,1H3. The van der Waals surface area contributed by atoms with Gasteiger partial charge in [-0.3, -0.25) is 0 Å². The third-order valence-corrected chi connectivity index (χ3v) is 1.81. The Morgan fingerprint density at radius 2 is 2.38 bits per heavy atom. The number of hydrogen-bond donors (Lipinski definition) is 1. The monoisotopic (exact) mass is 113 g/mol. The van der Waals surface area contributed by atoms with Gasteiger partial charge in [-0.15, -0.1) is 0 Å². The number of hydrogen-bond acceptors (Lipinski definition) is 1. The third-order valence-electron chi connectivity index (χ3n) is 1.81. The molecule has 1 aliphatic rings. The molecule has 1 saturated heterocycles. The fraction of sp³-hybridized carbons (Fsp3) is 1.00. The van der Waals surface area contributed by atoms with Crippen LogP contribution < -0.4 is 11.1 Å². The fourth-order valence-corrected chi connectivity index (χ4v) is 0.929. The van der Waals surface area contributed by atoms with E-state index in [-0.39, 0.29) is 0 Å². The summed E-state index contributed by atoms with van der Waals surface area (Å²) < 4.78 is 0. The smallest absolute Gasteiger partial charge is 0.0287 e. The van der Waals surface area contributed by atoms with Gasteiger partial charge in [-0.25, -0.2) is 5.32 Å². The Balaban J connectivity index is 2.28. The molecule has 0 aromatic heterocycles. The lowest BCUT2D eigenvalue weighted by atomic mass is 9.96. The minimum absolute atomic E-state index is 0.337. The fourth-order valence-electron chi connectivity index (χ4n) is 0.929. The van der Waals surface area contributed by atoms with Gasteiger partial charge in [0.15, 0.2) is 0 Å². The molecule has 2 unspecified atom stereocenters. The highest BCUT2D eigenvalue weighted by atomic mass is 14.9. The molecule has 1 aliphatic heterocycles. The number of piperidine rings is 1. The Kier molecular flexibility index (Phi) is 1.86. The summed E-state index contributed by atoms with van der Waals surface area (Å²) in [6, 6.07) is 0.337. The Morgan fingerprint density at radius 1 is 1.62 bits per heavy atom. The highest BCUT2D eigenvalue weighted by molar-refractivity contribution is 4.76. The van der Waals surface area contributed by atoms with Crippen LogP contribution in [0.15, 0.2) is 0 Å². The molecule has 2 heteroatoms. The van der Waals surface area contributed by atoms with Gasteiger partial charge in [0.05, 0.1) is 0 Å². The highest BCUT2D eigenvalue weighted by Gasteiger charge is 2.16. The second-order valence-electron chi connectivity index (χ2n) is 2.56. The predicted octanol–water partition coefficient (Wildman–Crippen LogP) is -0.0421. The molecular formula is C6H13N2. The van der Waals surface area contributed by atoms with E-state index in [0.29, 0.717) is 12.0 Å². The maximum absolute atomic E-state index is 5.68. The van der Waals surface area contributed by atoms with E-state index in [4.69, 9.17) is 5.73 Å². The number of rotatable bonds is 0. The van der Waals surface area contributed by atoms with Crippen molar-refractivity contribution in [2.24, 2.45) is 11.7 Å². The van der Waals surface area contributed by atoms with E-state index in [2.05, 4.69) is 12.2 Å². The lowest BCUT2D eigenvalue weighted by Gasteiger charge is -2.24. The first-order valence-electron chi connectivity index (χ1n) is 3.19. The van der Waals surface area contributed by atoms with Gasteiger partial charge < -0.3 is 5.73 Å². The van der Waals surface area contributed by atoms with Crippen molar-refractivity contribution in [2.75, 3.05) is 13.1 Å². The van der Waals surface area contributed by atoms with E-state index < -0.39 is 0 Å². The molecule has 2 atom stereocenters. The van der Waals surface area contributed by atoms with E-state index >= 15 is 0 Å². The summed E-state index contributed by atoms with van der Waals surface area (Å²) in [6.07, 6.45) is 1.18. The molecule has 47 valence electrons. The molecule has 1 radical (unpaired) electrons. The van der Waals surface area contributed by atoms with Crippen LogP contribution in [0.3, 0.4) is 0 Å². The maximum atomic E-state index is 5.68. The minimum atomic E-state index is 0.337. The van der Waals surface area contributed by atoms with Crippen molar-refractivity contribution in [3.8, 4) is 0 Å². The Morgan fingerprint density at radius 3 is 2.75 bits per heavy atom. The number of nitrogens with zero attached hydrogens (tertiary/aromatic N) is 1. The third kappa shape index (κ3) is 1.20. The average Bonchev–Trinajstić information content (AvgIpc) is 1.77. The SMILES string of the molecule is CC1CC[N]CC1N. The second-order valence-corrected chi connectivity index (χ2v) is 2.56. The Labute approximate surface area is 50.4 Å². The molecule has 0 spiro atoms. The Bertz CT molecular complexity index is 62.9. The summed E-state index contributed by atoms with van der Waals surface area (Å²) in [6.45, 7) is 4.09. The van der Waals surface area contributed by atoms with Crippen LogP contribution in [0.25, 0.3) is 0 Å². The van der Waals surface area contributed by atoms with E-state index in [9.17, 15) is 0 Å². The molecule has 2 nitrogen and oxygen atoms in total. The van der Waals surface area contributed by atoms with Gasteiger partial charge in [-0.05, 0) is 12.3 Å². The molecule has 1 rings (SSSR count). The molecule has 1 heterocycles. The molecule has 0 aromatic carbocycles. The topological polar surface area (TPSA) is 40.1 Å².